The van der Waals surface area contributed by atoms with Gasteiger partial charge in [0, 0.05) is 27.2 Å². The minimum Gasteiger partial charge on any atom is -0.383 e. The van der Waals surface area contributed by atoms with Gasteiger partial charge in [0.25, 0.3) is 0 Å². The molecule has 0 radical (unpaired) electrons. The molecule has 0 aliphatic heterocycles. The third-order valence-corrected chi connectivity index (χ3v) is 3.11. The zero-order chi connectivity index (χ0) is 15.0. The van der Waals surface area contributed by atoms with Crippen LogP contribution >= 0.6 is 0 Å². The van der Waals surface area contributed by atoms with Gasteiger partial charge >= 0.3 is 0 Å². The number of nitrogens with one attached hydrogen (secondary N) is 1. The van der Waals surface area contributed by atoms with Crippen molar-refractivity contribution in [1.29, 1.82) is 5.26 Å². The third kappa shape index (κ3) is 5.20. The first-order valence-corrected chi connectivity index (χ1v) is 7.02. The van der Waals surface area contributed by atoms with Gasteiger partial charge in [-0.25, -0.2) is 0 Å². The largest absolute Gasteiger partial charge is 0.383 e. The first-order valence-electron chi connectivity index (χ1n) is 7.02. The fraction of sp³-hybridized carbons (Fsp3) is 0.562. The number of hydrogen-bond acceptors (Lipinski definition) is 4. The van der Waals surface area contributed by atoms with E-state index >= 15 is 0 Å². The van der Waals surface area contributed by atoms with Gasteiger partial charge in [0.15, 0.2) is 0 Å². The maximum absolute atomic E-state index is 9.30. The van der Waals surface area contributed by atoms with Crippen molar-refractivity contribution in [3.05, 3.63) is 29.3 Å². The van der Waals surface area contributed by atoms with E-state index in [1.165, 1.54) is 0 Å². The predicted molar refractivity (Wildman–Crippen MR) is 82.8 cm³/mol. The summed E-state index contributed by atoms with van der Waals surface area (Å²) >= 11 is 0. The summed E-state index contributed by atoms with van der Waals surface area (Å²) in [5.41, 5.74) is 2.82. The van der Waals surface area contributed by atoms with Crippen molar-refractivity contribution in [2.24, 2.45) is 5.92 Å². The lowest BCUT2D eigenvalue weighted by molar-refractivity contribution is 0.206. The van der Waals surface area contributed by atoms with Crippen LogP contribution in [-0.4, -0.2) is 33.9 Å². The predicted octanol–water partition coefficient (Wildman–Crippen LogP) is 2.39. The van der Waals surface area contributed by atoms with Crippen molar-refractivity contribution >= 4 is 5.69 Å². The fourth-order valence-electron chi connectivity index (χ4n) is 1.97. The van der Waals surface area contributed by atoms with Gasteiger partial charge in [-0.1, -0.05) is 19.9 Å². The number of anilines is 1. The summed E-state index contributed by atoms with van der Waals surface area (Å²) in [6, 6.07) is 8.34. The number of nitrogens with zero attached hydrogens (tertiary/aromatic N) is 2. The van der Waals surface area contributed by atoms with E-state index in [9.17, 15) is 5.26 Å². The van der Waals surface area contributed by atoms with E-state index in [1.54, 1.807) is 7.11 Å². The topological polar surface area (TPSA) is 48.3 Å². The van der Waals surface area contributed by atoms with Gasteiger partial charge in [-0.05, 0) is 30.2 Å². The molecule has 0 heterocycles. The first-order chi connectivity index (χ1) is 9.58. The summed E-state index contributed by atoms with van der Waals surface area (Å²) in [5.74, 6) is 0.630. The second-order valence-corrected chi connectivity index (χ2v) is 5.40. The molecule has 1 rings (SSSR count). The maximum atomic E-state index is 9.30. The Morgan fingerprint density at radius 3 is 2.75 bits per heavy atom. The molecule has 1 N–H and O–H groups in total. The Labute approximate surface area is 122 Å². The summed E-state index contributed by atoms with van der Waals surface area (Å²) in [6.07, 6.45) is 0. The molecule has 0 aliphatic carbocycles. The van der Waals surface area contributed by atoms with Crippen molar-refractivity contribution in [3.8, 4) is 6.07 Å². The Morgan fingerprint density at radius 1 is 1.40 bits per heavy atom. The summed E-state index contributed by atoms with van der Waals surface area (Å²) in [4.78, 5) is 2.05. The number of methoxy groups -OCH3 is 1. The Morgan fingerprint density at radius 2 is 2.15 bits per heavy atom. The van der Waals surface area contributed by atoms with E-state index in [2.05, 4.69) is 31.3 Å². The van der Waals surface area contributed by atoms with Crippen molar-refractivity contribution in [1.82, 2.24) is 5.32 Å². The van der Waals surface area contributed by atoms with Crippen LogP contribution in [-0.2, 0) is 11.3 Å². The van der Waals surface area contributed by atoms with E-state index in [0.29, 0.717) is 18.1 Å². The molecule has 0 atom stereocenters. The Kier molecular flexibility index (Phi) is 7.06. The Hall–Kier alpha value is -1.57. The second-order valence-electron chi connectivity index (χ2n) is 5.40. The number of likely N-dealkylation sites (N-methyl/N-ethyl adjacent to an activating group) is 1. The molecule has 1 aromatic rings. The van der Waals surface area contributed by atoms with Crippen LogP contribution in [0, 0.1) is 17.2 Å². The zero-order valence-corrected chi connectivity index (χ0v) is 12.9. The van der Waals surface area contributed by atoms with Gasteiger partial charge in [-0.15, -0.1) is 0 Å². The summed E-state index contributed by atoms with van der Waals surface area (Å²) in [5, 5.41) is 12.7. The number of rotatable bonds is 8. The molecule has 0 saturated carbocycles. The molecule has 0 spiro atoms. The molecule has 4 heteroatoms. The maximum Gasteiger partial charge on any atom is 0.101 e. The Balaban J connectivity index is 2.72. The summed E-state index contributed by atoms with van der Waals surface area (Å²) in [6.45, 7) is 7.57. The van der Waals surface area contributed by atoms with Crippen LogP contribution in [0.2, 0.25) is 0 Å². The second kappa shape index (κ2) is 8.57. The lowest BCUT2D eigenvalue weighted by atomic mass is 10.1. The molecule has 0 unspecified atom stereocenters. The highest BCUT2D eigenvalue weighted by atomic mass is 16.5. The summed E-state index contributed by atoms with van der Waals surface area (Å²) < 4.78 is 5.07. The molecule has 0 fully saturated rings. The van der Waals surface area contributed by atoms with Crippen LogP contribution in [0.5, 0.6) is 0 Å². The molecule has 4 nitrogen and oxygen atoms in total. The number of benzene rings is 1. The van der Waals surface area contributed by atoms with Gasteiger partial charge < -0.3 is 15.0 Å². The lowest BCUT2D eigenvalue weighted by Gasteiger charge is -2.20. The number of nitriles is 1. The molecule has 0 aliphatic rings. The molecule has 0 bridgehead atoms. The fourth-order valence-corrected chi connectivity index (χ4v) is 1.97. The van der Waals surface area contributed by atoms with Gasteiger partial charge in [-0.3, -0.25) is 0 Å². The number of hydrogen-bond donors (Lipinski definition) is 1. The molecular formula is C16H25N3O. The van der Waals surface area contributed by atoms with E-state index in [0.717, 1.165) is 30.9 Å². The molecule has 1 aromatic carbocycles. The Bertz CT molecular complexity index is 452. The minimum absolute atomic E-state index is 0.630. The normalized spacial score (nSPS) is 10.6. The molecule has 0 saturated heterocycles. The van der Waals surface area contributed by atoms with Crippen LogP contribution < -0.4 is 10.2 Å². The van der Waals surface area contributed by atoms with E-state index < -0.39 is 0 Å². The highest BCUT2D eigenvalue weighted by Gasteiger charge is 2.08. The van der Waals surface area contributed by atoms with Gasteiger partial charge in [0.2, 0.25) is 0 Å². The average molecular weight is 275 g/mol. The van der Waals surface area contributed by atoms with Crippen LogP contribution in [0.4, 0.5) is 5.69 Å². The van der Waals surface area contributed by atoms with E-state index in [1.807, 2.05) is 24.1 Å². The summed E-state index contributed by atoms with van der Waals surface area (Å²) in [7, 11) is 3.66. The van der Waals surface area contributed by atoms with Crippen molar-refractivity contribution in [2.45, 2.75) is 20.4 Å². The van der Waals surface area contributed by atoms with Crippen molar-refractivity contribution in [3.63, 3.8) is 0 Å². The van der Waals surface area contributed by atoms with Crippen LogP contribution in [0.3, 0.4) is 0 Å². The smallest absolute Gasteiger partial charge is 0.101 e. The molecule has 110 valence electrons. The average Bonchev–Trinajstić information content (AvgIpc) is 2.44. The molecular weight excluding hydrogens is 250 g/mol. The van der Waals surface area contributed by atoms with E-state index in [4.69, 9.17) is 4.74 Å². The van der Waals surface area contributed by atoms with Crippen LogP contribution in [0.25, 0.3) is 0 Å². The quantitative estimate of drug-likeness (QED) is 0.791. The lowest BCUT2D eigenvalue weighted by Crippen LogP contribution is -2.23. The highest BCUT2D eigenvalue weighted by molar-refractivity contribution is 5.60. The van der Waals surface area contributed by atoms with Crippen LogP contribution in [0.1, 0.15) is 25.0 Å². The highest BCUT2D eigenvalue weighted by Crippen LogP contribution is 2.20. The standard InChI is InChI=1S/C16H25N3O/c1-13(2)11-18-12-14-5-6-16(15(9-14)10-17)19(3)7-8-20-4/h5-6,9,13,18H,7-8,11-12H2,1-4H3. The van der Waals surface area contributed by atoms with Crippen molar-refractivity contribution < 1.29 is 4.74 Å². The third-order valence-electron chi connectivity index (χ3n) is 3.11. The van der Waals surface area contributed by atoms with Crippen molar-refractivity contribution in [2.75, 3.05) is 38.8 Å². The molecule has 0 aromatic heterocycles. The van der Waals surface area contributed by atoms with Gasteiger partial charge in [-0.2, -0.15) is 5.26 Å². The molecule has 20 heavy (non-hydrogen) atoms. The van der Waals surface area contributed by atoms with Crippen LogP contribution in [0.15, 0.2) is 18.2 Å². The van der Waals surface area contributed by atoms with Gasteiger partial charge in [0.05, 0.1) is 17.9 Å². The van der Waals surface area contributed by atoms with E-state index in [-0.39, 0.29) is 0 Å². The first kappa shape index (κ1) is 16.5. The minimum atomic E-state index is 0.630. The monoisotopic (exact) mass is 275 g/mol. The number of ether oxygens (including phenoxy) is 1. The molecule has 0 amide bonds. The zero-order valence-electron chi connectivity index (χ0n) is 12.9. The SMILES string of the molecule is COCCN(C)c1ccc(CNCC(C)C)cc1C#N. The van der Waals surface area contributed by atoms with Gasteiger partial charge in [0.1, 0.15) is 6.07 Å².